The van der Waals surface area contributed by atoms with E-state index in [1.54, 1.807) is 0 Å². The third-order valence-electron chi connectivity index (χ3n) is 6.99. The summed E-state index contributed by atoms with van der Waals surface area (Å²) in [6, 6.07) is 15.6. The summed E-state index contributed by atoms with van der Waals surface area (Å²) in [5.41, 5.74) is 1.46. The molecule has 1 nitrogen and oxygen atoms in total. The number of hydrogen-bond donors (Lipinski definition) is 0. The van der Waals surface area contributed by atoms with E-state index in [0.29, 0.717) is 0 Å². The number of benzene rings is 2. The Morgan fingerprint density at radius 3 is 1.50 bits per heavy atom. The van der Waals surface area contributed by atoms with Crippen molar-refractivity contribution < 1.29 is 12.4 Å². The summed E-state index contributed by atoms with van der Waals surface area (Å²) in [6.45, 7) is 3.53. The molecule has 0 atom stereocenters. The lowest BCUT2D eigenvalue weighted by molar-refractivity contribution is -0.00000675. The number of fused-ring (bicyclic) bond motifs is 1. The molecule has 0 bridgehead atoms. The lowest BCUT2D eigenvalue weighted by Crippen LogP contribution is -3.00. The summed E-state index contributed by atoms with van der Waals surface area (Å²) in [7, 11) is 4.74. The van der Waals surface area contributed by atoms with Gasteiger partial charge in [-0.3, -0.25) is 4.48 Å². The van der Waals surface area contributed by atoms with E-state index in [0.717, 1.165) is 4.48 Å². The van der Waals surface area contributed by atoms with E-state index in [1.807, 2.05) is 0 Å². The number of unbranched alkanes of at least 4 members (excludes halogenated alkanes) is 15. The standard InChI is InChI=1S/C30H50N.ClH/c1-4-5-6-7-8-9-10-11-12-13-14-15-16-17-18-21-27-31(2,3)30-26-22-24-28-23-19-20-25-29(28)30;/h19-20,22-26H,4-18,21,27H2,1-3H3;1H/q+1;/p-1. The van der Waals surface area contributed by atoms with Crippen LogP contribution in [0.15, 0.2) is 42.5 Å². The van der Waals surface area contributed by atoms with E-state index in [1.165, 1.54) is 126 Å². The molecule has 0 fully saturated rings. The zero-order valence-corrected chi connectivity index (χ0v) is 22.1. The van der Waals surface area contributed by atoms with Crippen LogP contribution in [-0.2, 0) is 0 Å². The van der Waals surface area contributed by atoms with Crippen LogP contribution in [0.25, 0.3) is 10.8 Å². The van der Waals surface area contributed by atoms with Crippen molar-refractivity contribution in [3.63, 3.8) is 0 Å². The Morgan fingerprint density at radius 1 is 0.531 bits per heavy atom. The molecule has 0 aromatic heterocycles. The van der Waals surface area contributed by atoms with Crippen LogP contribution >= 0.6 is 0 Å². The Labute approximate surface area is 206 Å². The third kappa shape index (κ3) is 11.2. The molecule has 2 aromatic carbocycles. The Morgan fingerprint density at radius 2 is 0.969 bits per heavy atom. The highest BCUT2D eigenvalue weighted by Gasteiger charge is 2.20. The van der Waals surface area contributed by atoms with E-state index in [4.69, 9.17) is 0 Å². The Bertz CT molecular complexity index is 704. The van der Waals surface area contributed by atoms with Crippen LogP contribution in [0.5, 0.6) is 0 Å². The lowest BCUT2D eigenvalue weighted by atomic mass is 10.0. The molecule has 2 heteroatoms. The smallest absolute Gasteiger partial charge is 0.140 e. The molecule has 0 saturated carbocycles. The summed E-state index contributed by atoms with van der Waals surface area (Å²) in [6.07, 6.45) is 23.0. The SMILES string of the molecule is CCCCCCCCCCCCCCCCCC[N+](C)(C)c1cccc2ccccc12.[Cl-]. The highest BCUT2D eigenvalue weighted by Crippen LogP contribution is 2.30. The van der Waals surface area contributed by atoms with E-state index >= 15 is 0 Å². The van der Waals surface area contributed by atoms with Gasteiger partial charge in [0.1, 0.15) is 5.69 Å². The molecule has 182 valence electrons. The zero-order valence-electron chi connectivity index (χ0n) is 21.4. The van der Waals surface area contributed by atoms with Crippen LogP contribution in [0.2, 0.25) is 0 Å². The second-order valence-electron chi connectivity index (χ2n) is 10.2. The monoisotopic (exact) mass is 459 g/mol. The second-order valence-corrected chi connectivity index (χ2v) is 10.2. The summed E-state index contributed by atoms with van der Waals surface area (Å²) in [5, 5.41) is 2.77. The topological polar surface area (TPSA) is 0 Å². The molecular formula is C30H50ClN. The molecule has 0 heterocycles. The highest BCUT2D eigenvalue weighted by atomic mass is 35.5. The van der Waals surface area contributed by atoms with Crippen LogP contribution in [0.1, 0.15) is 110 Å². The molecule has 0 spiro atoms. The van der Waals surface area contributed by atoms with Gasteiger partial charge < -0.3 is 12.4 Å². The van der Waals surface area contributed by atoms with Crippen LogP contribution < -0.4 is 16.9 Å². The van der Waals surface area contributed by atoms with Gasteiger partial charge in [0.05, 0.1) is 20.6 Å². The Kier molecular flexibility index (Phi) is 15.8. The molecule has 0 N–H and O–H groups in total. The molecule has 0 saturated heterocycles. The van der Waals surface area contributed by atoms with Crippen molar-refractivity contribution in [2.75, 3.05) is 20.6 Å². The first-order valence-corrected chi connectivity index (χ1v) is 13.5. The van der Waals surface area contributed by atoms with Gasteiger partial charge in [0, 0.05) is 5.39 Å². The van der Waals surface area contributed by atoms with Gasteiger partial charge in [-0.2, -0.15) is 0 Å². The van der Waals surface area contributed by atoms with Crippen molar-refractivity contribution in [2.24, 2.45) is 0 Å². The molecule has 0 aliphatic rings. The van der Waals surface area contributed by atoms with Crippen molar-refractivity contribution in [1.29, 1.82) is 0 Å². The molecular weight excluding hydrogens is 410 g/mol. The van der Waals surface area contributed by atoms with Crippen molar-refractivity contribution in [3.05, 3.63) is 42.5 Å². The molecule has 2 rings (SSSR count). The van der Waals surface area contributed by atoms with Crippen LogP contribution in [0.3, 0.4) is 0 Å². The molecule has 0 aliphatic heterocycles. The van der Waals surface area contributed by atoms with Gasteiger partial charge in [0.15, 0.2) is 0 Å². The summed E-state index contributed by atoms with van der Waals surface area (Å²) >= 11 is 0. The maximum atomic E-state index is 2.37. The summed E-state index contributed by atoms with van der Waals surface area (Å²) in [4.78, 5) is 0. The van der Waals surface area contributed by atoms with E-state index in [-0.39, 0.29) is 12.4 Å². The summed E-state index contributed by atoms with van der Waals surface area (Å²) < 4.78 is 0.986. The van der Waals surface area contributed by atoms with Gasteiger partial charge in [0.25, 0.3) is 0 Å². The second kappa shape index (κ2) is 17.4. The average Bonchev–Trinajstić information content (AvgIpc) is 2.78. The Hall–Kier alpha value is -1.05. The minimum atomic E-state index is 0. The largest absolute Gasteiger partial charge is 1.00 e. The van der Waals surface area contributed by atoms with E-state index in [9.17, 15) is 0 Å². The lowest BCUT2D eigenvalue weighted by Gasteiger charge is -2.30. The van der Waals surface area contributed by atoms with Crippen LogP contribution in [0.4, 0.5) is 5.69 Å². The number of halogens is 1. The number of nitrogens with zero attached hydrogens (tertiary/aromatic N) is 1. The van der Waals surface area contributed by atoms with Crippen molar-refractivity contribution >= 4 is 16.5 Å². The fraction of sp³-hybridized carbons (Fsp3) is 0.667. The molecule has 0 unspecified atom stereocenters. The van der Waals surface area contributed by atoms with E-state index in [2.05, 4.69) is 63.5 Å². The normalized spacial score (nSPS) is 11.6. The van der Waals surface area contributed by atoms with Gasteiger partial charge >= 0.3 is 0 Å². The van der Waals surface area contributed by atoms with Gasteiger partial charge in [0.2, 0.25) is 0 Å². The van der Waals surface area contributed by atoms with Crippen molar-refractivity contribution in [1.82, 2.24) is 4.48 Å². The molecule has 2 aromatic rings. The van der Waals surface area contributed by atoms with Gasteiger partial charge in [-0.15, -0.1) is 0 Å². The van der Waals surface area contributed by atoms with Crippen molar-refractivity contribution in [3.8, 4) is 0 Å². The van der Waals surface area contributed by atoms with Crippen LogP contribution in [-0.4, -0.2) is 20.6 Å². The fourth-order valence-electron chi connectivity index (χ4n) is 4.91. The Balaban J connectivity index is 0.00000512. The zero-order chi connectivity index (χ0) is 22.2. The van der Waals surface area contributed by atoms with Crippen LogP contribution in [0, 0.1) is 0 Å². The first kappa shape index (κ1) is 29.0. The highest BCUT2D eigenvalue weighted by molar-refractivity contribution is 5.93. The minimum Gasteiger partial charge on any atom is -1.00 e. The fourth-order valence-corrected chi connectivity index (χ4v) is 4.91. The molecule has 0 radical (unpaired) electrons. The van der Waals surface area contributed by atoms with Gasteiger partial charge in [-0.05, 0) is 30.4 Å². The predicted molar refractivity (Wildman–Crippen MR) is 142 cm³/mol. The third-order valence-corrected chi connectivity index (χ3v) is 6.99. The first-order chi connectivity index (χ1) is 15.1. The quantitative estimate of drug-likeness (QED) is 0.172. The van der Waals surface area contributed by atoms with Gasteiger partial charge in [-0.1, -0.05) is 127 Å². The van der Waals surface area contributed by atoms with E-state index < -0.39 is 0 Å². The molecule has 0 aliphatic carbocycles. The molecule has 32 heavy (non-hydrogen) atoms. The van der Waals surface area contributed by atoms with Gasteiger partial charge in [-0.25, -0.2) is 0 Å². The average molecular weight is 460 g/mol. The summed E-state index contributed by atoms with van der Waals surface area (Å²) in [5.74, 6) is 0. The maximum absolute atomic E-state index is 2.37. The number of rotatable bonds is 18. The number of quaternary nitrogens is 1. The van der Waals surface area contributed by atoms with Crippen molar-refractivity contribution in [2.45, 2.75) is 110 Å². The first-order valence-electron chi connectivity index (χ1n) is 13.5. The number of hydrogen-bond acceptors (Lipinski definition) is 0. The maximum Gasteiger partial charge on any atom is 0.140 e. The molecule has 0 amide bonds. The predicted octanol–water partition coefficient (Wildman–Crippen LogP) is 6.67. The minimum absolute atomic E-state index is 0.